The fourth-order valence-corrected chi connectivity index (χ4v) is 6.23. The Morgan fingerprint density at radius 1 is 1.58 bits per heavy atom. The van der Waals surface area contributed by atoms with Crippen molar-refractivity contribution in [1.29, 1.82) is 0 Å². The van der Waals surface area contributed by atoms with E-state index in [1.165, 1.54) is 6.08 Å². The molecule has 0 amide bonds. The topological polar surface area (TPSA) is 35.5 Å². The Morgan fingerprint density at radius 2 is 2.25 bits per heavy atom. The Labute approximate surface area is 79.9 Å². The summed E-state index contributed by atoms with van der Waals surface area (Å²) in [4.78, 5) is 10.8. The van der Waals surface area contributed by atoms with Gasteiger partial charge in [0.15, 0.2) is 0 Å². The van der Waals surface area contributed by atoms with Crippen LogP contribution in [0.5, 0.6) is 0 Å². The second-order valence-corrected chi connectivity index (χ2v) is 9.25. The highest BCUT2D eigenvalue weighted by atomic mass is 29.2. The van der Waals surface area contributed by atoms with Crippen LogP contribution >= 0.6 is 0 Å². The zero-order chi connectivity index (χ0) is 9.40. The summed E-state index contributed by atoms with van der Waals surface area (Å²) in [5.74, 6) is -0.366. The van der Waals surface area contributed by atoms with E-state index in [0.29, 0.717) is 0 Å². The number of hydrogen-bond donors (Lipinski definition) is 0. The number of esters is 1. The number of carbonyl (C=O) groups excluding carboxylic acids is 1. The molecule has 0 aromatic heterocycles. The van der Waals surface area contributed by atoms with Gasteiger partial charge in [-0.3, -0.25) is 0 Å². The molecule has 0 aliphatic heterocycles. The first-order valence-corrected chi connectivity index (χ1v) is 9.90. The lowest BCUT2D eigenvalue weighted by molar-refractivity contribution is -0.138. The average Bonchev–Trinajstić information content (AvgIpc) is 2.11. The highest BCUT2D eigenvalue weighted by Gasteiger charge is 2.08. The zero-order valence-corrected chi connectivity index (χ0v) is 12.1. The third-order valence-corrected chi connectivity index (χ3v) is 10.3. The molecule has 0 saturated carbocycles. The third-order valence-electron chi connectivity index (χ3n) is 1.30. The van der Waals surface area contributed by atoms with Crippen molar-refractivity contribution in [3.05, 3.63) is 25.3 Å². The van der Waals surface area contributed by atoms with Crippen molar-refractivity contribution in [2.45, 2.75) is 5.73 Å². The van der Waals surface area contributed by atoms with E-state index in [0.717, 1.165) is 10.5 Å². The SMILES string of the molecule is C=CC(=O)OC(C=C)[SiH2][SiH2]O[SiH3]. The second-order valence-electron chi connectivity index (χ2n) is 2.20. The van der Waals surface area contributed by atoms with Crippen LogP contribution in [0.4, 0.5) is 0 Å². The molecular formula is C6H14O3Si3. The first-order chi connectivity index (χ1) is 5.74. The molecule has 0 aromatic rings. The van der Waals surface area contributed by atoms with Gasteiger partial charge in [0.2, 0.25) is 0 Å². The molecule has 0 saturated heterocycles. The number of ether oxygens (including phenoxy) is 1. The predicted octanol–water partition coefficient (Wildman–Crippen LogP) is -2.31. The molecule has 0 heterocycles. The largest absolute Gasteiger partial charge is 0.471 e. The molecule has 0 aromatic carbocycles. The summed E-state index contributed by atoms with van der Waals surface area (Å²) >= 11 is 0. The van der Waals surface area contributed by atoms with Gasteiger partial charge in [-0.1, -0.05) is 19.2 Å². The van der Waals surface area contributed by atoms with Gasteiger partial charge in [-0.2, -0.15) is 0 Å². The normalized spacial score (nSPS) is 14.0. The molecule has 0 spiro atoms. The minimum absolute atomic E-state index is 0.0592. The standard InChI is InChI=1S/C6H14O3Si3/c1-3-5(7)8-6(4-2)11-12-9-10/h3-4,6H,1-2,11-12H2,10H3. The molecule has 0 radical (unpaired) electrons. The summed E-state index contributed by atoms with van der Waals surface area (Å²) < 4.78 is 10.2. The van der Waals surface area contributed by atoms with Gasteiger partial charge in [-0.25, -0.2) is 4.79 Å². The summed E-state index contributed by atoms with van der Waals surface area (Å²) in [6.07, 6.45) is 2.86. The minimum atomic E-state index is -0.384. The van der Waals surface area contributed by atoms with Crippen LogP contribution in [0.3, 0.4) is 0 Å². The molecule has 0 aliphatic rings. The highest BCUT2D eigenvalue weighted by molar-refractivity contribution is 6.99. The van der Waals surface area contributed by atoms with Crippen LogP contribution in [-0.4, -0.2) is 40.5 Å². The van der Waals surface area contributed by atoms with Gasteiger partial charge in [0, 0.05) is 6.08 Å². The van der Waals surface area contributed by atoms with Gasteiger partial charge in [0.05, 0.1) is 9.04 Å². The minimum Gasteiger partial charge on any atom is -0.471 e. The molecule has 0 aliphatic carbocycles. The van der Waals surface area contributed by atoms with Gasteiger partial charge in [-0.05, 0) is 0 Å². The Kier molecular flexibility index (Phi) is 6.96. The smallest absolute Gasteiger partial charge is 0.330 e. The lowest BCUT2D eigenvalue weighted by Crippen LogP contribution is -2.26. The van der Waals surface area contributed by atoms with Crippen LogP contribution in [0, 0.1) is 0 Å². The van der Waals surface area contributed by atoms with Gasteiger partial charge in [-0.15, -0.1) is 0 Å². The van der Waals surface area contributed by atoms with Crippen molar-refractivity contribution in [3.63, 3.8) is 0 Å². The van der Waals surface area contributed by atoms with Gasteiger partial charge in [0.1, 0.15) is 25.5 Å². The molecule has 0 rings (SSSR count). The van der Waals surface area contributed by atoms with Gasteiger partial charge in [0.25, 0.3) is 0 Å². The lowest BCUT2D eigenvalue weighted by Gasteiger charge is -2.10. The summed E-state index contributed by atoms with van der Waals surface area (Å²) in [6.45, 7) is 6.92. The fourth-order valence-electron chi connectivity index (χ4n) is 0.656. The molecular weight excluding hydrogens is 204 g/mol. The Balaban J connectivity index is 3.73. The highest BCUT2D eigenvalue weighted by Crippen LogP contribution is 1.92. The number of carbonyl (C=O) groups is 1. The van der Waals surface area contributed by atoms with Crippen LogP contribution in [-0.2, 0) is 13.6 Å². The van der Waals surface area contributed by atoms with Crippen LogP contribution in [0.1, 0.15) is 0 Å². The zero-order valence-electron chi connectivity index (χ0n) is 7.29. The first-order valence-electron chi connectivity index (χ1n) is 3.69. The molecule has 12 heavy (non-hydrogen) atoms. The average molecular weight is 218 g/mol. The van der Waals surface area contributed by atoms with E-state index in [1.807, 2.05) is 0 Å². The van der Waals surface area contributed by atoms with E-state index in [4.69, 9.17) is 8.85 Å². The molecule has 1 unspecified atom stereocenters. The van der Waals surface area contributed by atoms with Gasteiger partial charge >= 0.3 is 5.97 Å². The monoisotopic (exact) mass is 218 g/mol. The van der Waals surface area contributed by atoms with E-state index >= 15 is 0 Å². The Hall–Kier alpha value is -0.439. The van der Waals surface area contributed by atoms with Crippen molar-refractivity contribution in [2.24, 2.45) is 0 Å². The summed E-state index contributed by atoms with van der Waals surface area (Å²) in [5, 5.41) is 0. The van der Waals surface area contributed by atoms with E-state index in [9.17, 15) is 4.79 Å². The van der Waals surface area contributed by atoms with Crippen molar-refractivity contribution in [2.75, 3.05) is 0 Å². The maximum atomic E-state index is 10.8. The van der Waals surface area contributed by atoms with E-state index < -0.39 is 0 Å². The molecule has 0 bridgehead atoms. The first kappa shape index (κ1) is 11.6. The van der Waals surface area contributed by atoms with Crippen molar-refractivity contribution in [3.8, 4) is 0 Å². The molecule has 6 heteroatoms. The molecule has 0 fully saturated rings. The molecule has 1 atom stereocenters. The summed E-state index contributed by atoms with van der Waals surface area (Å²) in [6, 6.07) is 0. The maximum absolute atomic E-state index is 10.8. The van der Waals surface area contributed by atoms with E-state index in [-0.39, 0.29) is 30.0 Å². The molecule has 68 valence electrons. The quantitative estimate of drug-likeness (QED) is 0.218. The fraction of sp³-hybridized carbons (Fsp3) is 0.167. The van der Waals surface area contributed by atoms with Crippen molar-refractivity contribution in [1.82, 2.24) is 0 Å². The van der Waals surface area contributed by atoms with E-state index in [2.05, 4.69) is 13.2 Å². The van der Waals surface area contributed by atoms with E-state index in [1.54, 1.807) is 6.08 Å². The van der Waals surface area contributed by atoms with Crippen LogP contribution in [0.2, 0.25) is 0 Å². The van der Waals surface area contributed by atoms with Crippen molar-refractivity contribution < 1.29 is 13.6 Å². The van der Waals surface area contributed by atoms with Gasteiger partial charge < -0.3 is 8.85 Å². The van der Waals surface area contributed by atoms with Crippen LogP contribution in [0.25, 0.3) is 0 Å². The van der Waals surface area contributed by atoms with Crippen molar-refractivity contribution >= 4 is 34.8 Å². The predicted molar refractivity (Wildman–Crippen MR) is 58.4 cm³/mol. The summed E-state index contributed by atoms with van der Waals surface area (Å²) in [7, 11) is 0.0444. The maximum Gasteiger partial charge on any atom is 0.330 e. The number of rotatable bonds is 6. The lowest BCUT2D eigenvalue weighted by atomic mass is 10.6. The second kappa shape index (κ2) is 7.22. The molecule has 0 N–H and O–H groups in total. The van der Waals surface area contributed by atoms with Crippen LogP contribution in [0.15, 0.2) is 25.3 Å². The third kappa shape index (κ3) is 5.24. The Morgan fingerprint density at radius 3 is 2.67 bits per heavy atom. The molecule has 3 nitrogen and oxygen atoms in total. The summed E-state index contributed by atoms with van der Waals surface area (Å²) in [5.41, 5.74) is -0.0592. The Bertz CT molecular complexity index is 171. The number of hydrogen-bond acceptors (Lipinski definition) is 3. The van der Waals surface area contributed by atoms with Crippen LogP contribution < -0.4 is 0 Å².